The maximum Gasteiger partial charge on any atom is 0.0757 e. The van der Waals surface area contributed by atoms with E-state index in [9.17, 15) is 0 Å². The summed E-state index contributed by atoms with van der Waals surface area (Å²) in [4.78, 5) is 0. The van der Waals surface area contributed by atoms with Crippen LogP contribution in [0.25, 0.3) is 0 Å². The zero-order chi connectivity index (χ0) is 24.7. The monoisotopic (exact) mass is 454 g/mol. The molecule has 0 radical (unpaired) electrons. The number of quaternary nitrogens is 2. The van der Waals surface area contributed by atoms with Crippen molar-refractivity contribution in [1.82, 2.24) is 0 Å². The first kappa shape index (κ1) is 36.6. The molecular formula is C22H50N2O5S. The molecule has 0 aromatic heterocycles. The van der Waals surface area contributed by atoms with Crippen LogP contribution in [0.2, 0.25) is 0 Å². The predicted octanol–water partition coefficient (Wildman–Crippen LogP) is 3.80. The van der Waals surface area contributed by atoms with Crippen molar-refractivity contribution in [2.24, 2.45) is 0 Å². The lowest BCUT2D eigenvalue weighted by Gasteiger charge is -2.34. The van der Waals surface area contributed by atoms with Crippen molar-refractivity contribution in [3.05, 3.63) is 25.3 Å². The Hall–Kier alpha value is -0.770. The molecule has 0 rings (SSSR count). The van der Waals surface area contributed by atoms with Crippen LogP contribution in [0.3, 0.4) is 0 Å². The van der Waals surface area contributed by atoms with Crippen LogP contribution in [-0.2, 0) is 15.1 Å². The van der Waals surface area contributed by atoms with Gasteiger partial charge in [-0.25, -0.2) is 0 Å². The molecule has 0 aromatic carbocycles. The first-order valence-electron chi connectivity index (χ1n) is 11.1. The minimum absolute atomic E-state index is 0.617. The number of hydrogen-bond donors (Lipinski definition) is 0. The van der Waals surface area contributed by atoms with Gasteiger partial charge in [-0.15, -0.1) is 13.2 Å². The van der Waals surface area contributed by atoms with Crippen molar-refractivity contribution in [3.63, 3.8) is 0 Å². The number of nitrogens with zero attached hydrogens (tertiary/aromatic N) is 2. The van der Waals surface area contributed by atoms with Crippen molar-refractivity contribution in [3.8, 4) is 0 Å². The van der Waals surface area contributed by atoms with E-state index < -0.39 is 10.4 Å². The van der Waals surface area contributed by atoms with Gasteiger partial charge in [0.1, 0.15) is 0 Å². The molecule has 7 nitrogen and oxygen atoms in total. The third kappa shape index (κ3) is 25.3. The van der Waals surface area contributed by atoms with Crippen LogP contribution in [0.15, 0.2) is 25.3 Å². The summed E-state index contributed by atoms with van der Waals surface area (Å²) in [5, 5.41) is 0. The highest BCUT2D eigenvalue weighted by molar-refractivity contribution is 7.79. The third-order valence-corrected chi connectivity index (χ3v) is 5.84. The second-order valence-electron chi connectivity index (χ2n) is 6.74. The van der Waals surface area contributed by atoms with Crippen molar-refractivity contribution in [1.29, 1.82) is 0 Å². The molecule has 0 fully saturated rings. The minimum Gasteiger partial charge on any atom is -0.759 e. The van der Waals surface area contributed by atoms with Gasteiger partial charge in [0.25, 0.3) is 0 Å². The molecule has 0 heterocycles. The Kier molecular flexibility index (Phi) is 27.9. The predicted molar refractivity (Wildman–Crippen MR) is 127 cm³/mol. The lowest BCUT2D eigenvalue weighted by atomic mass is 10.3. The van der Waals surface area contributed by atoms with Crippen LogP contribution in [0, 0.1) is 0 Å². The molecule has 0 unspecified atom stereocenters. The van der Waals surface area contributed by atoms with Crippen LogP contribution in [-0.4, -0.2) is 92.1 Å². The molecule has 0 bridgehead atoms. The molecule has 0 amide bonds. The van der Waals surface area contributed by atoms with Crippen LogP contribution in [0.4, 0.5) is 0 Å². The zero-order valence-corrected chi connectivity index (χ0v) is 21.8. The van der Waals surface area contributed by atoms with E-state index in [0.29, 0.717) is 13.2 Å². The SMILES string of the molecule is C=CCOCC=C.CC[N+](CC)(CC)CC.CC[N+](CC)(CC)CC.O=S(=O)([O-])[O-]. The van der Waals surface area contributed by atoms with Crippen molar-refractivity contribution in [2.45, 2.75) is 55.4 Å². The smallest absolute Gasteiger partial charge is 0.0757 e. The third-order valence-electron chi connectivity index (χ3n) is 5.84. The van der Waals surface area contributed by atoms with E-state index in [2.05, 4.69) is 68.5 Å². The molecule has 0 aliphatic rings. The highest BCUT2D eigenvalue weighted by Crippen LogP contribution is 2.03. The van der Waals surface area contributed by atoms with Crippen LogP contribution in [0.1, 0.15) is 55.4 Å². The maximum atomic E-state index is 8.52. The fraction of sp³-hybridized carbons (Fsp3) is 0.818. The molecule has 30 heavy (non-hydrogen) atoms. The summed E-state index contributed by atoms with van der Waals surface area (Å²) in [7, 11) is -5.17. The Bertz CT molecular complexity index is 403. The largest absolute Gasteiger partial charge is 0.759 e. The minimum atomic E-state index is -5.17. The van der Waals surface area contributed by atoms with Gasteiger partial charge in [0, 0.05) is 10.4 Å². The Labute approximate surface area is 188 Å². The van der Waals surface area contributed by atoms with Crippen molar-refractivity contribution < 1.29 is 31.2 Å². The van der Waals surface area contributed by atoms with Gasteiger partial charge in [-0.05, 0) is 55.4 Å². The quantitative estimate of drug-likeness (QED) is 0.147. The van der Waals surface area contributed by atoms with Gasteiger partial charge >= 0.3 is 0 Å². The Balaban J connectivity index is -0.000000154. The van der Waals surface area contributed by atoms with Crippen LogP contribution >= 0.6 is 0 Å². The zero-order valence-electron chi connectivity index (χ0n) is 21.0. The maximum absolute atomic E-state index is 8.52. The molecule has 184 valence electrons. The number of rotatable bonds is 12. The first-order chi connectivity index (χ1) is 13.9. The normalized spacial score (nSPS) is 11.0. The first-order valence-corrected chi connectivity index (χ1v) is 12.4. The second kappa shape index (κ2) is 22.9. The van der Waals surface area contributed by atoms with E-state index in [1.807, 2.05) is 0 Å². The Morgan fingerprint density at radius 3 is 0.867 bits per heavy atom. The molecule has 0 saturated heterocycles. The van der Waals surface area contributed by atoms with Crippen LogP contribution in [0.5, 0.6) is 0 Å². The molecule has 0 N–H and O–H groups in total. The summed E-state index contributed by atoms with van der Waals surface area (Å²) >= 11 is 0. The van der Waals surface area contributed by atoms with E-state index in [1.165, 1.54) is 61.3 Å². The highest BCUT2D eigenvalue weighted by atomic mass is 32.3. The number of hydrogen-bond acceptors (Lipinski definition) is 5. The fourth-order valence-corrected chi connectivity index (χ4v) is 2.92. The topological polar surface area (TPSA) is 89.5 Å². The molecule has 0 aliphatic carbocycles. The molecule has 0 saturated carbocycles. The summed E-state index contributed by atoms with van der Waals surface area (Å²) < 4.78 is 41.5. The molecule has 0 spiro atoms. The summed E-state index contributed by atoms with van der Waals surface area (Å²) in [6.07, 6.45) is 3.42. The van der Waals surface area contributed by atoms with Gasteiger partial charge in [0.05, 0.1) is 65.6 Å². The van der Waals surface area contributed by atoms with Gasteiger partial charge in [-0.3, -0.25) is 8.42 Å². The highest BCUT2D eigenvalue weighted by Gasteiger charge is 2.16. The molecular weight excluding hydrogens is 404 g/mol. The average molecular weight is 455 g/mol. The molecule has 0 aromatic rings. The second-order valence-corrected chi connectivity index (χ2v) is 7.55. The Morgan fingerprint density at radius 1 is 0.633 bits per heavy atom. The lowest BCUT2D eigenvalue weighted by molar-refractivity contribution is -0.921. The molecule has 8 heteroatoms. The standard InChI is InChI=1S/2C8H20N.C6H10O.H2O4S/c2*1-5-9(6-2,7-3)8-4;1-3-5-7-6-4-2;1-5(2,3)4/h2*5-8H2,1-4H3;3-4H,1-2,5-6H2;(H2,1,2,3,4)/q2*+1;;/p-2. The van der Waals surface area contributed by atoms with Gasteiger partial charge < -0.3 is 22.8 Å². The summed E-state index contributed by atoms with van der Waals surface area (Å²) in [6.45, 7) is 36.6. The van der Waals surface area contributed by atoms with E-state index in [1.54, 1.807) is 12.2 Å². The average Bonchev–Trinajstić information content (AvgIpc) is 2.73. The summed E-state index contributed by atoms with van der Waals surface area (Å²) in [6, 6.07) is 0. The molecule has 0 atom stereocenters. The van der Waals surface area contributed by atoms with E-state index >= 15 is 0 Å². The van der Waals surface area contributed by atoms with Crippen molar-refractivity contribution >= 4 is 10.4 Å². The van der Waals surface area contributed by atoms with Crippen LogP contribution < -0.4 is 0 Å². The summed E-state index contributed by atoms with van der Waals surface area (Å²) in [5.41, 5.74) is 0. The van der Waals surface area contributed by atoms with Gasteiger partial charge in [0.15, 0.2) is 0 Å². The Morgan fingerprint density at radius 2 is 0.800 bits per heavy atom. The number of ether oxygens (including phenoxy) is 1. The fourth-order valence-electron chi connectivity index (χ4n) is 2.92. The van der Waals surface area contributed by atoms with Crippen molar-refractivity contribution in [2.75, 3.05) is 65.6 Å². The lowest BCUT2D eigenvalue weighted by Crippen LogP contribution is -2.47. The van der Waals surface area contributed by atoms with E-state index in [0.717, 1.165) is 0 Å². The van der Waals surface area contributed by atoms with Gasteiger partial charge in [0.2, 0.25) is 0 Å². The van der Waals surface area contributed by atoms with E-state index in [-0.39, 0.29) is 0 Å². The summed E-state index contributed by atoms with van der Waals surface area (Å²) in [5.74, 6) is 0. The van der Waals surface area contributed by atoms with Gasteiger partial charge in [-0.2, -0.15) is 0 Å². The van der Waals surface area contributed by atoms with E-state index in [4.69, 9.17) is 22.3 Å². The molecule has 0 aliphatic heterocycles. The van der Waals surface area contributed by atoms with Gasteiger partial charge in [-0.1, -0.05) is 12.2 Å².